The summed E-state index contributed by atoms with van der Waals surface area (Å²) in [5.41, 5.74) is 0. The maximum atomic E-state index is 10.1. The smallest absolute Gasteiger partial charge is 0.303 e. The van der Waals surface area contributed by atoms with Gasteiger partial charge in [0.2, 0.25) is 0 Å². The number of thiocarbonyl (C=S) groups is 1. The topological polar surface area (TPSA) is 61.4 Å². The Morgan fingerprint density at radius 2 is 2.17 bits per heavy atom. The number of hydrogen-bond acceptors (Lipinski definition) is 2. The van der Waals surface area contributed by atoms with E-state index in [-0.39, 0.29) is 6.42 Å². The summed E-state index contributed by atoms with van der Waals surface area (Å²) in [6.07, 6.45) is 1.75. The van der Waals surface area contributed by atoms with Gasteiger partial charge >= 0.3 is 5.97 Å². The molecule has 0 bridgehead atoms. The molecule has 0 fully saturated rings. The van der Waals surface area contributed by atoms with Crippen LogP contribution in [0.15, 0.2) is 0 Å². The van der Waals surface area contributed by atoms with E-state index >= 15 is 0 Å². The zero-order chi connectivity index (χ0) is 9.40. The van der Waals surface area contributed by atoms with Crippen LogP contribution in [0.5, 0.6) is 0 Å². The van der Waals surface area contributed by atoms with E-state index in [1.807, 2.05) is 0 Å². The Hall–Kier alpha value is -0.840. The first kappa shape index (κ1) is 11.2. The summed E-state index contributed by atoms with van der Waals surface area (Å²) in [5, 5.41) is 14.6. The van der Waals surface area contributed by atoms with Gasteiger partial charge in [-0.15, -0.1) is 0 Å². The van der Waals surface area contributed by atoms with E-state index in [1.165, 1.54) is 0 Å². The predicted molar refractivity (Wildman–Crippen MR) is 51.1 cm³/mol. The highest BCUT2D eigenvalue weighted by molar-refractivity contribution is 7.80. The molecule has 0 spiro atoms. The summed E-state index contributed by atoms with van der Waals surface area (Å²) < 4.78 is 0. The second-order valence-corrected chi connectivity index (χ2v) is 2.76. The first-order chi connectivity index (χ1) is 5.66. The van der Waals surface area contributed by atoms with Crippen molar-refractivity contribution in [1.29, 1.82) is 0 Å². The van der Waals surface area contributed by atoms with Crippen molar-refractivity contribution in [3.05, 3.63) is 0 Å². The summed E-state index contributed by atoms with van der Waals surface area (Å²) in [6, 6.07) is 0. The van der Waals surface area contributed by atoms with Gasteiger partial charge in [-0.25, -0.2) is 0 Å². The van der Waals surface area contributed by atoms with Gasteiger partial charge in [-0.05, 0) is 25.1 Å². The number of unbranched alkanes of at least 4 members (excludes halogenated alkanes) is 1. The number of carbonyl (C=O) groups is 1. The average Bonchev–Trinajstić information content (AvgIpc) is 2.03. The van der Waals surface area contributed by atoms with Gasteiger partial charge in [0.05, 0.1) is 0 Å². The number of carboxylic acids is 1. The Labute approximate surface area is 77.3 Å². The lowest BCUT2D eigenvalue weighted by Gasteiger charge is -2.05. The van der Waals surface area contributed by atoms with E-state index in [0.29, 0.717) is 11.5 Å². The van der Waals surface area contributed by atoms with E-state index < -0.39 is 5.97 Å². The van der Waals surface area contributed by atoms with Crippen molar-refractivity contribution < 1.29 is 9.90 Å². The van der Waals surface area contributed by atoms with Crippen molar-refractivity contribution in [3.8, 4) is 0 Å². The largest absolute Gasteiger partial charge is 0.481 e. The zero-order valence-corrected chi connectivity index (χ0v) is 7.91. The lowest BCUT2D eigenvalue weighted by atomic mass is 10.2. The summed E-state index contributed by atoms with van der Waals surface area (Å²) >= 11 is 4.82. The first-order valence-corrected chi connectivity index (χ1v) is 4.25. The van der Waals surface area contributed by atoms with Crippen LogP contribution in [0.25, 0.3) is 0 Å². The summed E-state index contributed by atoms with van der Waals surface area (Å²) in [7, 11) is 1.74. The van der Waals surface area contributed by atoms with Gasteiger partial charge in [-0.2, -0.15) is 0 Å². The quantitative estimate of drug-likeness (QED) is 0.431. The van der Waals surface area contributed by atoms with Crippen molar-refractivity contribution >= 4 is 23.3 Å². The molecule has 0 saturated heterocycles. The molecule has 0 aromatic rings. The van der Waals surface area contributed by atoms with E-state index in [2.05, 4.69) is 10.6 Å². The van der Waals surface area contributed by atoms with Gasteiger partial charge in [0.15, 0.2) is 5.11 Å². The highest BCUT2D eigenvalue weighted by Crippen LogP contribution is 1.92. The number of rotatable bonds is 5. The molecule has 12 heavy (non-hydrogen) atoms. The fourth-order valence-corrected chi connectivity index (χ4v) is 0.794. The molecule has 0 radical (unpaired) electrons. The van der Waals surface area contributed by atoms with Crippen molar-refractivity contribution in [1.82, 2.24) is 10.6 Å². The maximum Gasteiger partial charge on any atom is 0.303 e. The normalized spacial score (nSPS) is 9.08. The summed E-state index contributed by atoms with van der Waals surface area (Å²) in [4.78, 5) is 10.1. The van der Waals surface area contributed by atoms with Gasteiger partial charge in [-0.1, -0.05) is 0 Å². The molecule has 3 N–H and O–H groups in total. The maximum absolute atomic E-state index is 10.1. The molecular weight excluding hydrogens is 176 g/mol. The molecule has 4 nitrogen and oxygen atoms in total. The van der Waals surface area contributed by atoms with Crippen LogP contribution >= 0.6 is 12.2 Å². The predicted octanol–water partition coefficient (Wildman–Crippen LogP) is 0.335. The molecule has 70 valence electrons. The SMILES string of the molecule is CNC(=S)NCCCCC(=O)O. The lowest BCUT2D eigenvalue weighted by Crippen LogP contribution is -2.32. The van der Waals surface area contributed by atoms with Gasteiger partial charge < -0.3 is 15.7 Å². The fourth-order valence-electron chi connectivity index (χ4n) is 0.692. The molecule has 0 aromatic carbocycles. The fraction of sp³-hybridized carbons (Fsp3) is 0.714. The van der Waals surface area contributed by atoms with Crippen LogP contribution in [0.2, 0.25) is 0 Å². The third kappa shape index (κ3) is 7.27. The highest BCUT2D eigenvalue weighted by atomic mass is 32.1. The summed E-state index contributed by atoms with van der Waals surface area (Å²) in [6.45, 7) is 0.729. The molecule has 0 rings (SSSR count). The number of carboxylic acid groups (broad SMARTS) is 1. The van der Waals surface area contributed by atoms with Crippen LogP contribution in [-0.4, -0.2) is 29.8 Å². The minimum atomic E-state index is -0.744. The molecule has 0 amide bonds. The second-order valence-electron chi connectivity index (χ2n) is 2.36. The Bertz CT molecular complexity index is 161. The van der Waals surface area contributed by atoms with E-state index in [4.69, 9.17) is 17.3 Å². The van der Waals surface area contributed by atoms with E-state index in [1.54, 1.807) is 7.05 Å². The van der Waals surface area contributed by atoms with Crippen LogP contribution in [-0.2, 0) is 4.79 Å². The molecule has 0 aliphatic heterocycles. The third-order valence-corrected chi connectivity index (χ3v) is 1.68. The summed E-state index contributed by atoms with van der Waals surface area (Å²) in [5.74, 6) is -0.744. The second kappa shape index (κ2) is 6.84. The minimum absolute atomic E-state index is 0.230. The number of hydrogen-bond donors (Lipinski definition) is 3. The van der Waals surface area contributed by atoms with Gasteiger partial charge in [0, 0.05) is 20.0 Å². The Kier molecular flexibility index (Phi) is 6.37. The van der Waals surface area contributed by atoms with Crippen molar-refractivity contribution in [3.63, 3.8) is 0 Å². The molecule has 0 heterocycles. The molecule has 0 aliphatic rings. The van der Waals surface area contributed by atoms with Crippen molar-refractivity contribution in [2.45, 2.75) is 19.3 Å². The monoisotopic (exact) mass is 190 g/mol. The first-order valence-electron chi connectivity index (χ1n) is 3.84. The Balaban J connectivity index is 3.11. The minimum Gasteiger partial charge on any atom is -0.481 e. The van der Waals surface area contributed by atoms with E-state index in [0.717, 1.165) is 13.0 Å². The highest BCUT2D eigenvalue weighted by Gasteiger charge is 1.96. The molecule has 0 unspecified atom stereocenters. The van der Waals surface area contributed by atoms with Gasteiger partial charge in [-0.3, -0.25) is 4.79 Å². The Morgan fingerprint density at radius 1 is 1.50 bits per heavy atom. The lowest BCUT2D eigenvalue weighted by molar-refractivity contribution is -0.137. The van der Waals surface area contributed by atoms with Crippen molar-refractivity contribution in [2.24, 2.45) is 0 Å². The standard InChI is InChI=1S/C7H14N2O2S/c1-8-7(12)9-5-3-2-4-6(10)11/h2-5H2,1H3,(H,10,11)(H2,8,9,12). The van der Waals surface area contributed by atoms with Crippen LogP contribution in [0.3, 0.4) is 0 Å². The molecule has 0 atom stereocenters. The van der Waals surface area contributed by atoms with E-state index in [9.17, 15) is 4.79 Å². The van der Waals surface area contributed by atoms with Crippen LogP contribution in [0, 0.1) is 0 Å². The Morgan fingerprint density at radius 3 is 2.67 bits per heavy atom. The number of aliphatic carboxylic acids is 1. The van der Waals surface area contributed by atoms with Crippen LogP contribution < -0.4 is 10.6 Å². The third-order valence-electron chi connectivity index (χ3n) is 1.33. The van der Waals surface area contributed by atoms with Crippen LogP contribution in [0.1, 0.15) is 19.3 Å². The number of nitrogens with one attached hydrogen (secondary N) is 2. The van der Waals surface area contributed by atoms with Gasteiger partial charge in [0.25, 0.3) is 0 Å². The van der Waals surface area contributed by atoms with Gasteiger partial charge in [0.1, 0.15) is 0 Å². The molecule has 0 aromatic heterocycles. The molecule has 0 saturated carbocycles. The molecule has 5 heteroatoms. The average molecular weight is 190 g/mol. The van der Waals surface area contributed by atoms with Crippen LogP contribution in [0.4, 0.5) is 0 Å². The molecular formula is C7H14N2O2S. The van der Waals surface area contributed by atoms with Crippen molar-refractivity contribution in [2.75, 3.05) is 13.6 Å². The molecule has 0 aliphatic carbocycles. The zero-order valence-electron chi connectivity index (χ0n) is 7.09.